The van der Waals surface area contributed by atoms with Crippen molar-refractivity contribution in [3.63, 3.8) is 0 Å². The Morgan fingerprint density at radius 1 is 1.47 bits per heavy atom. The quantitative estimate of drug-likeness (QED) is 0.319. The van der Waals surface area contributed by atoms with Crippen molar-refractivity contribution in [3.8, 4) is 0 Å². The number of allylic oxidation sites excluding steroid dienone is 1. The number of rotatable bonds is 6. The number of carbonyl (C=O) groups excluding carboxylic acids is 1. The second kappa shape index (κ2) is 6.56. The SMILES string of the molecule is C=C(C)[C@H](CCc1ccccc1)C(=O)C=[N+]=[N-]. The van der Waals surface area contributed by atoms with Gasteiger partial charge in [-0.15, -0.1) is 0 Å². The van der Waals surface area contributed by atoms with Crippen LogP contribution in [0.15, 0.2) is 42.5 Å². The van der Waals surface area contributed by atoms with E-state index in [0.29, 0.717) is 6.42 Å². The molecule has 0 aromatic heterocycles. The minimum atomic E-state index is -0.272. The van der Waals surface area contributed by atoms with Gasteiger partial charge in [-0.25, -0.2) is 0 Å². The number of ketones is 1. The third-order valence-electron chi connectivity index (χ3n) is 2.69. The molecule has 0 saturated heterocycles. The lowest BCUT2D eigenvalue weighted by Gasteiger charge is -2.11. The van der Waals surface area contributed by atoms with Crippen LogP contribution in [0.1, 0.15) is 18.9 Å². The van der Waals surface area contributed by atoms with Crippen LogP contribution in [0, 0.1) is 5.92 Å². The van der Waals surface area contributed by atoms with Gasteiger partial charge in [-0.2, -0.15) is 4.79 Å². The van der Waals surface area contributed by atoms with E-state index in [-0.39, 0.29) is 11.7 Å². The highest BCUT2D eigenvalue weighted by Crippen LogP contribution is 2.17. The molecule has 88 valence electrons. The van der Waals surface area contributed by atoms with Crippen LogP contribution in [0.2, 0.25) is 0 Å². The Morgan fingerprint density at radius 2 is 2.12 bits per heavy atom. The molecule has 0 radical (unpaired) electrons. The summed E-state index contributed by atoms with van der Waals surface area (Å²) in [7, 11) is 0. The Bertz CT molecular complexity index is 445. The standard InChI is InChI=1S/C14H16N2O/c1-11(2)13(14(17)10-16-15)9-8-12-6-4-3-5-7-12/h3-7,10,13H,1,8-9H2,2H3/t13-/m0/s1. The van der Waals surface area contributed by atoms with E-state index in [0.717, 1.165) is 18.2 Å². The maximum Gasteiger partial charge on any atom is 0.323 e. The Kier molecular flexibility index (Phi) is 5.05. The molecule has 0 amide bonds. The van der Waals surface area contributed by atoms with Gasteiger partial charge in [-0.3, -0.25) is 4.79 Å². The fourth-order valence-electron chi connectivity index (χ4n) is 1.73. The van der Waals surface area contributed by atoms with Gasteiger partial charge < -0.3 is 5.53 Å². The zero-order chi connectivity index (χ0) is 12.7. The summed E-state index contributed by atoms with van der Waals surface area (Å²) in [5.74, 6) is -0.470. The molecular formula is C14H16N2O. The van der Waals surface area contributed by atoms with Crippen LogP contribution in [0.4, 0.5) is 0 Å². The molecule has 0 N–H and O–H groups in total. The van der Waals surface area contributed by atoms with Crippen LogP contribution >= 0.6 is 0 Å². The molecule has 0 heterocycles. The van der Waals surface area contributed by atoms with E-state index in [1.807, 2.05) is 37.3 Å². The maximum absolute atomic E-state index is 11.6. The number of hydrogen-bond acceptors (Lipinski definition) is 1. The molecule has 0 fully saturated rings. The van der Waals surface area contributed by atoms with E-state index in [4.69, 9.17) is 5.53 Å². The molecular weight excluding hydrogens is 212 g/mol. The van der Waals surface area contributed by atoms with Crippen molar-refractivity contribution >= 4 is 12.0 Å². The predicted octanol–water partition coefficient (Wildman–Crippen LogP) is 2.68. The summed E-state index contributed by atoms with van der Waals surface area (Å²) in [5, 5.41) is 0. The highest BCUT2D eigenvalue weighted by Gasteiger charge is 2.20. The molecule has 0 aliphatic carbocycles. The molecule has 1 rings (SSSR count). The zero-order valence-electron chi connectivity index (χ0n) is 9.97. The molecule has 1 atom stereocenters. The average Bonchev–Trinajstić information content (AvgIpc) is 2.30. The second-order valence-electron chi connectivity index (χ2n) is 4.07. The number of benzene rings is 1. The van der Waals surface area contributed by atoms with E-state index in [9.17, 15) is 4.79 Å². The lowest BCUT2D eigenvalue weighted by Crippen LogP contribution is -2.17. The zero-order valence-corrected chi connectivity index (χ0v) is 9.97. The molecule has 0 bridgehead atoms. The van der Waals surface area contributed by atoms with Crippen LogP contribution in [0.3, 0.4) is 0 Å². The first-order valence-electron chi connectivity index (χ1n) is 5.55. The lowest BCUT2D eigenvalue weighted by molar-refractivity contribution is -0.118. The normalized spacial score (nSPS) is 11.4. The number of hydrogen-bond donors (Lipinski definition) is 0. The summed E-state index contributed by atoms with van der Waals surface area (Å²) in [6.45, 7) is 5.63. The van der Waals surface area contributed by atoms with Gasteiger partial charge in [0.2, 0.25) is 5.78 Å². The Hall–Kier alpha value is -1.99. The van der Waals surface area contributed by atoms with Gasteiger partial charge in [0.05, 0.1) is 0 Å². The van der Waals surface area contributed by atoms with Gasteiger partial charge in [0, 0.05) is 5.92 Å². The Labute approximate surface area is 101 Å². The highest BCUT2D eigenvalue weighted by molar-refractivity contribution is 6.26. The van der Waals surface area contributed by atoms with E-state index in [2.05, 4.69) is 11.4 Å². The summed E-state index contributed by atoms with van der Waals surface area (Å²) in [4.78, 5) is 14.4. The second-order valence-corrected chi connectivity index (χ2v) is 4.07. The summed E-state index contributed by atoms with van der Waals surface area (Å²) >= 11 is 0. The third kappa shape index (κ3) is 4.17. The summed E-state index contributed by atoms with van der Waals surface area (Å²) in [6, 6.07) is 9.97. The van der Waals surface area contributed by atoms with Crippen LogP contribution in [0.25, 0.3) is 5.53 Å². The van der Waals surface area contributed by atoms with Gasteiger partial charge in [0.25, 0.3) is 0 Å². The molecule has 0 unspecified atom stereocenters. The summed E-state index contributed by atoms with van der Waals surface area (Å²) in [5.41, 5.74) is 10.4. The van der Waals surface area contributed by atoms with E-state index < -0.39 is 0 Å². The number of nitrogens with zero attached hydrogens (tertiary/aromatic N) is 2. The lowest BCUT2D eigenvalue weighted by atomic mass is 9.90. The molecule has 3 heteroatoms. The highest BCUT2D eigenvalue weighted by atomic mass is 16.1. The molecule has 0 aliphatic rings. The minimum Gasteiger partial charge on any atom is -0.361 e. The van der Waals surface area contributed by atoms with Crippen LogP contribution in [-0.2, 0) is 11.2 Å². The van der Waals surface area contributed by atoms with E-state index in [1.54, 1.807) is 0 Å². The van der Waals surface area contributed by atoms with Crippen molar-refractivity contribution in [1.29, 1.82) is 0 Å². The summed E-state index contributed by atoms with van der Waals surface area (Å²) in [6.07, 6.45) is 2.44. The number of Topliss-reactive ketones (excluding diaryl/α,β-unsaturated/α-hetero) is 1. The molecule has 0 spiro atoms. The fraction of sp³-hybridized carbons (Fsp3) is 0.286. The van der Waals surface area contributed by atoms with Gasteiger partial charge in [-0.05, 0) is 25.3 Å². The molecule has 0 aliphatic heterocycles. The van der Waals surface area contributed by atoms with Crippen molar-refractivity contribution in [3.05, 3.63) is 53.6 Å². The van der Waals surface area contributed by atoms with Crippen LogP contribution < -0.4 is 0 Å². The maximum atomic E-state index is 11.6. The van der Waals surface area contributed by atoms with Gasteiger partial charge in [0.15, 0.2) is 0 Å². The third-order valence-corrected chi connectivity index (χ3v) is 2.69. The van der Waals surface area contributed by atoms with Crippen LogP contribution in [-0.4, -0.2) is 16.8 Å². The first-order valence-corrected chi connectivity index (χ1v) is 5.55. The predicted molar refractivity (Wildman–Crippen MR) is 67.8 cm³/mol. The topological polar surface area (TPSA) is 53.5 Å². The first kappa shape index (κ1) is 13.1. The van der Waals surface area contributed by atoms with Gasteiger partial charge >= 0.3 is 6.21 Å². The van der Waals surface area contributed by atoms with Gasteiger partial charge in [-0.1, -0.05) is 42.5 Å². The molecule has 3 nitrogen and oxygen atoms in total. The fourth-order valence-corrected chi connectivity index (χ4v) is 1.73. The smallest absolute Gasteiger partial charge is 0.323 e. The van der Waals surface area contributed by atoms with Crippen molar-refractivity contribution in [2.75, 3.05) is 0 Å². The molecule has 17 heavy (non-hydrogen) atoms. The molecule has 1 aromatic rings. The average molecular weight is 228 g/mol. The van der Waals surface area contributed by atoms with Crippen molar-refractivity contribution < 1.29 is 9.58 Å². The number of aryl methyl sites for hydroxylation is 1. The van der Waals surface area contributed by atoms with Crippen molar-refractivity contribution in [1.82, 2.24) is 0 Å². The monoisotopic (exact) mass is 228 g/mol. The first-order chi connectivity index (χ1) is 8.15. The van der Waals surface area contributed by atoms with Crippen LogP contribution in [0.5, 0.6) is 0 Å². The summed E-state index contributed by atoms with van der Waals surface area (Å²) < 4.78 is 0. The number of carbonyl (C=O) groups is 1. The van der Waals surface area contributed by atoms with Crippen molar-refractivity contribution in [2.24, 2.45) is 5.92 Å². The van der Waals surface area contributed by atoms with Crippen molar-refractivity contribution in [2.45, 2.75) is 19.8 Å². The minimum absolute atomic E-state index is 0.198. The Morgan fingerprint density at radius 3 is 2.65 bits per heavy atom. The Balaban J connectivity index is 2.66. The molecule has 0 saturated carbocycles. The molecule has 1 aromatic carbocycles. The van der Waals surface area contributed by atoms with E-state index in [1.165, 1.54) is 5.56 Å². The van der Waals surface area contributed by atoms with Gasteiger partial charge in [0.1, 0.15) is 0 Å². The largest absolute Gasteiger partial charge is 0.361 e. The van der Waals surface area contributed by atoms with E-state index >= 15 is 0 Å².